The average molecular weight is 382 g/mol. The standard InChI is InChI=1S/C23H31N3O2/c1-2-28-22-11-9-21(10-12-22)23(27)24-13-6-14-25-15-17-26(18-16-25)19-20-7-4-3-5-8-20/h3-5,7-12H,2,6,13-19H2,1H3,(H,24,27). The molecule has 1 saturated heterocycles. The molecule has 2 aromatic rings. The minimum atomic E-state index is -0.0178. The second-order valence-electron chi connectivity index (χ2n) is 7.17. The van der Waals surface area contributed by atoms with E-state index in [1.165, 1.54) is 5.56 Å². The molecule has 1 fully saturated rings. The van der Waals surface area contributed by atoms with Gasteiger partial charge < -0.3 is 15.0 Å². The molecule has 150 valence electrons. The lowest BCUT2D eigenvalue weighted by molar-refractivity contribution is 0.0947. The van der Waals surface area contributed by atoms with Gasteiger partial charge in [0.05, 0.1) is 6.61 Å². The number of benzene rings is 2. The van der Waals surface area contributed by atoms with Crippen molar-refractivity contribution in [2.45, 2.75) is 19.9 Å². The van der Waals surface area contributed by atoms with E-state index >= 15 is 0 Å². The molecule has 1 heterocycles. The van der Waals surface area contributed by atoms with Crippen LogP contribution in [-0.2, 0) is 6.54 Å². The Kier molecular flexibility index (Phi) is 7.88. The summed E-state index contributed by atoms with van der Waals surface area (Å²) in [6.45, 7) is 9.75. The molecule has 0 spiro atoms. The highest BCUT2D eigenvalue weighted by molar-refractivity contribution is 5.94. The van der Waals surface area contributed by atoms with Gasteiger partial charge in [0.1, 0.15) is 5.75 Å². The maximum Gasteiger partial charge on any atom is 0.251 e. The highest BCUT2D eigenvalue weighted by atomic mass is 16.5. The summed E-state index contributed by atoms with van der Waals surface area (Å²) in [7, 11) is 0. The number of carbonyl (C=O) groups excluding carboxylic acids is 1. The molecule has 5 heteroatoms. The molecule has 1 N–H and O–H groups in total. The Balaban J connectivity index is 1.30. The smallest absolute Gasteiger partial charge is 0.251 e. The lowest BCUT2D eigenvalue weighted by Crippen LogP contribution is -2.46. The molecule has 1 amide bonds. The lowest BCUT2D eigenvalue weighted by atomic mass is 10.2. The SMILES string of the molecule is CCOc1ccc(C(=O)NCCCN2CCN(Cc3ccccc3)CC2)cc1. The van der Waals surface area contributed by atoms with Crippen molar-refractivity contribution in [3.8, 4) is 5.75 Å². The van der Waals surface area contributed by atoms with Crippen LogP contribution < -0.4 is 10.1 Å². The van der Waals surface area contributed by atoms with Gasteiger partial charge in [-0.15, -0.1) is 0 Å². The van der Waals surface area contributed by atoms with Crippen LogP contribution in [0.15, 0.2) is 54.6 Å². The number of rotatable bonds is 9. The number of hydrogen-bond donors (Lipinski definition) is 1. The molecular formula is C23H31N3O2. The molecule has 0 bridgehead atoms. The summed E-state index contributed by atoms with van der Waals surface area (Å²) in [5, 5.41) is 3.01. The molecule has 0 unspecified atom stereocenters. The summed E-state index contributed by atoms with van der Waals surface area (Å²) in [6.07, 6.45) is 0.974. The van der Waals surface area contributed by atoms with E-state index in [2.05, 4.69) is 45.4 Å². The normalized spacial score (nSPS) is 15.3. The number of hydrogen-bond acceptors (Lipinski definition) is 4. The molecule has 0 saturated carbocycles. The topological polar surface area (TPSA) is 44.8 Å². The van der Waals surface area contributed by atoms with Gasteiger partial charge in [0.15, 0.2) is 0 Å². The predicted octanol–water partition coefficient (Wildman–Crippen LogP) is 3.02. The summed E-state index contributed by atoms with van der Waals surface area (Å²) in [5.41, 5.74) is 2.06. The van der Waals surface area contributed by atoms with Crippen molar-refractivity contribution in [3.63, 3.8) is 0 Å². The highest BCUT2D eigenvalue weighted by Gasteiger charge is 2.16. The maximum absolute atomic E-state index is 12.2. The third kappa shape index (κ3) is 6.36. The zero-order chi connectivity index (χ0) is 19.6. The van der Waals surface area contributed by atoms with E-state index in [1.54, 1.807) is 0 Å². The number of carbonyl (C=O) groups is 1. The molecule has 0 aromatic heterocycles. The summed E-state index contributed by atoms with van der Waals surface area (Å²) >= 11 is 0. The van der Waals surface area contributed by atoms with E-state index in [9.17, 15) is 4.79 Å². The van der Waals surface area contributed by atoms with Gasteiger partial charge in [-0.05, 0) is 49.7 Å². The Morgan fingerprint density at radius 1 is 0.964 bits per heavy atom. The second kappa shape index (κ2) is 10.8. The van der Waals surface area contributed by atoms with E-state index in [1.807, 2.05) is 31.2 Å². The zero-order valence-electron chi connectivity index (χ0n) is 16.8. The second-order valence-corrected chi connectivity index (χ2v) is 7.17. The fraction of sp³-hybridized carbons (Fsp3) is 0.435. The summed E-state index contributed by atoms with van der Waals surface area (Å²) in [5.74, 6) is 0.779. The molecule has 0 radical (unpaired) electrons. The Morgan fingerprint density at radius 2 is 1.64 bits per heavy atom. The fourth-order valence-corrected chi connectivity index (χ4v) is 3.49. The van der Waals surface area contributed by atoms with Crippen molar-refractivity contribution in [2.24, 2.45) is 0 Å². The molecule has 3 rings (SSSR count). The number of nitrogens with zero attached hydrogens (tertiary/aromatic N) is 2. The maximum atomic E-state index is 12.2. The van der Waals surface area contributed by atoms with E-state index in [0.717, 1.165) is 51.4 Å². The van der Waals surface area contributed by atoms with Gasteiger partial charge in [0.25, 0.3) is 5.91 Å². The van der Waals surface area contributed by atoms with Crippen molar-refractivity contribution in [3.05, 3.63) is 65.7 Å². The first-order valence-electron chi connectivity index (χ1n) is 10.2. The minimum Gasteiger partial charge on any atom is -0.494 e. The van der Waals surface area contributed by atoms with Crippen LogP contribution in [0.5, 0.6) is 5.75 Å². The fourth-order valence-electron chi connectivity index (χ4n) is 3.49. The van der Waals surface area contributed by atoms with Gasteiger partial charge in [-0.1, -0.05) is 30.3 Å². The first-order chi connectivity index (χ1) is 13.7. The van der Waals surface area contributed by atoms with Crippen LogP contribution in [0.2, 0.25) is 0 Å². The first-order valence-corrected chi connectivity index (χ1v) is 10.2. The zero-order valence-corrected chi connectivity index (χ0v) is 16.8. The van der Waals surface area contributed by atoms with Crippen LogP contribution in [0.3, 0.4) is 0 Å². The van der Waals surface area contributed by atoms with Crippen molar-refractivity contribution >= 4 is 5.91 Å². The summed E-state index contributed by atoms with van der Waals surface area (Å²) < 4.78 is 5.41. The Hall–Kier alpha value is -2.37. The quantitative estimate of drug-likeness (QED) is 0.678. The van der Waals surface area contributed by atoms with Gasteiger partial charge in [-0.25, -0.2) is 0 Å². The van der Waals surface area contributed by atoms with Gasteiger partial charge in [0.2, 0.25) is 0 Å². The van der Waals surface area contributed by atoms with Crippen molar-refractivity contribution in [2.75, 3.05) is 45.9 Å². The van der Waals surface area contributed by atoms with Crippen LogP contribution in [-0.4, -0.2) is 61.6 Å². The third-order valence-corrected chi connectivity index (χ3v) is 5.08. The van der Waals surface area contributed by atoms with Gasteiger partial charge in [-0.3, -0.25) is 9.69 Å². The largest absolute Gasteiger partial charge is 0.494 e. The molecule has 2 aromatic carbocycles. The Bertz CT molecular complexity index is 710. The van der Waals surface area contributed by atoms with E-state index in [4.69, 9.17) is 4.74 Å². The molecule has 0 aliphatic carbocycles. The number of piperazine rings is 1. The van der Waals surface area contributed by atoms with Crippen LogP contribution in [0.4, 0.5) is 0 Å². The van der Waals surface area contributed by atoms with Gasteiger partial charge >= 0.3 is 0 Å². The van der Waals surface area contributed by atoms with Crippen LogP contribution in [0.1, 0.15) is 29.3 Å². The van der Waals surface area contributed by atoms with E-state index in [0.29, 0.717) is 18.7 Å². The Morgan fingerprint density at radius 3 is 2.32 bits per heavy atom. The van der Waals surface area contributed by atoms with Crippen LogP contribution >= 0.6 is 0 Å². The molecular weight excluding hydrogens is 350 g/mol. The van der Waals surface area contributed by atoms with Crippen molar-refractivity contribution < 1.29 is 9.53 Å². The predicted molar refractivity (Wildman–Crippen MR) is 113 cm³/mol. The molecule has 1 aliphatic heterocycles. The Labute approximate surface area is 168 Å². The van der Waals surface area contributed by atoms with Crippen molar-refractivity contribution in [1.82, 2.24) is 15.1 Å². The lowest BCUT2D eigenvalue weighted by Gasteiger charge is -2.34. The monoisotopic (exact) mass is 381 g/mol. The highest BCUT2D eigenvalue weighted by Crippen LogP contribution is 2.12. The first kappa shape index (κ1) is 20.4. The molecule has 1 aliphatic rings. The number of nitrogens with one attached hydrogen (secondary N) is 1. The summed E-state index contributed by atoms with van der Waals surface area (Å²) in [6, 6.07) is 18.0. The van der Waals surface area contributed by atoms with Crippen LogP contribution in [0, 0.1) is 0 Å². The number of amides is 1. The average Bonchev–Trinajstić information content (AvgIpc) is 2.74. The van der Waals surface area contributed by atoms with Crippen molar-refractivity contribution in [1.29, 1.82) is 0 Å². The number of ether oxygens (including phenoxy) is 1. The van der Waals surface area contributed by atoms with E-state index in [-0.39, 0.29) is 5.91 Å². The summed E-state index contributed by atoms with van der Waals surface area (Å²) in [4.78, 5) is 17.2. The van der Waals surface area contributed by atoms with Gasteiger partial charge in [0, 0.05) is 44.8 Å². The minimum absolute atomic E-state index is 0.0178. The molecule has 28 heavy (non-hydrogen) atoms. The third-order valence-electron chi connectivity index (χ3n) is 5.08. The van der Waals surface area contributed by atoms with Crippen LogP contribution in [0.25, 0.3) is 0 Å². The van der Waals surface area contributed by atoms with Gasteiger partial charge in [-0.2, -0.15) is 0 Å². The van der Waals surface area contributed by atoms with E-state index < -0.39 is 0 Å². The molecule has 5 nitrogen and oxygen atoms in total. The molecule has 0 atom stereocenters.